The van der Waals surface area contributed by atoms with Gasteiger partial charge in [0, 0.05) is 71.6 Å². The molecule has 548 valence electrons. The van der Waals surface area contributed by atoms with Crippen LogP contribution < -0.4 is 25.0 Å². The first-order valence-corrected chi connectivity index (χ1v) is 38.9. The van der Waals surface area contributed by atoms with Gasteiger partial charge in [-0.05, 0) is 106 Å². The molecule has 7 fully saturated rings. The molecule has 0 aromatic heterocycles. The highest BCUT2D eigenvalue weighted by molar-refractivity contribution is 14.1. The highest BCUT2D eigenvalue weighted by atomic mass is 127. The van der Waals surface area contributed by atoms with E-state index in [4.69, 9.17) is 61.7 Å². The molecule has 2 saturated carbocycles. The van der Waals surface area contributed by atoms with Crippen LogP contribution in [0.25, 0.3) is 0 Å². The number of methoxy groups -OCH3 is 5. The topological polar surface area (TPSA) is 374 Å². The maximum Gasteiger partial charge on any atom is 0.407 e. The van der Waals surface area contributed by atoms with Gasteiger partial charge in [0.2, 0.25) is 34.9 Å². The number of carbonyl (C=O) groups is 6. The predicted molar refractivity (Wildman–Crippen MR) is 365 cm³/mol. The molecule has 1 aromatic rings. The van der Waals surface area contributed by atoms with Gasteiger partial charge >= 0.3 is 6.09 Å². The SMILES string of the molecule is CCN(C(C)=O)C1COC(OC2C(O[C@H]3C#C/C=C\C#CC45C(NC(=O)OC)C(=O)CC4(O)/C(=C/CSC4CC(=O)N(CCC[Si](C)(C)O)C4=O)C35)OC(C)C(NOC3CC(O)C(SC(=O)c4c(C)c(I)c(OC5OC(C)C(O)C(OC)C5O)c(OC)c4OC)C(C)O3)C2O)CC1OC. The summed E-state index contributed by atoms with van der Waals surface area (Å²) >= 11 is 3.94. The van der Waals surface area contributed by atoms with Gasteiger partial charge in [0.25, 0.3) is 0 Å². The smallest absolute Gasteiger partial charge is 0.407 e. The molecule has 9 rings (SSSR count). The van der Waals surface area contributed by atoms with E-state index in [1.54, 1.807) is 51.8 Å². The number of rotatable bonds is 25. The second-order valence-corrected chi connectivity index (χ2v) is 33.8. The van der Waals surface area contributed by atoms with Crippen LogP contribution in [0.2, 0.25) is 19.1 Å². The van der Waals surface area contributed by atoms with Gasteiger partial charge in [0.1, 0.15) is 53.7 Å². The van der Waals surface area contributed by atoms with Crippen molar-refractivity contribution in [2.24, 2.45) is 11.3 Å². The number of allylic oxidation sites excluding steroid dienone is 2. The molecule has 8 N–H and O–H groups in total. The van der Waals surface area contributed by atoms with Crippen LogP contribution in [0.1, 0.15) is 82.6 Å². The number of hydroxylamine groups is 1. The Labute approximate surface area is 598 Å². The highest BCUT2D eigenvalue weighted by Gasteiger charge is 2.79. The third-order valence-electron chi connectivity index (χ3n) is 19.5. The number of halogens is 1. The third kappa shape index (κ3) is 16.1. The monoisotopic (exact) mass is 1560 g/mol. The number of hydrogen-bond donors (Lipinski definition) is 8. The van der Waals surface area contributed by atoms with Crippen LogP contribution >= 0.6 is 46.1 Å². The lowest BCUT2D eigenvalue weighted by molar-refractivity contribution is -0.343. The molecule has 1 aromatic carbocycles. The van der Waals surface area contributed by atoms with Crippen LogP contribution in [0, 0.1) is 45.5 Å². The van der Waals surface area contributed by atoms with Crippen molar-refractivity contribution in [1.29, 1.82) is 0 Å². The Morgan fingerprint density at radius 2 is 1.60 bits per heavy atom. The second-order valence-electron chi connectivity index (χ2n) is 26.2. The summed E-state index contributed by atoms with van der Waals surface area (Å²) in [7, 11) is 4.20. The molecule has 5 aliphatic heterocycles. The minimum Gasteiger partial charge on any atom is -0.492 e. The number of likely N-dealkylation sites (N-methyl/N-ethyl adjacent to an activating group) is 1. The number of thioether (sulfide) groups is 2. The number of aliphatic hydroxyl groups is 5. The van der Waals surface area contributed by atoms with E-state index in [1.165, 1.54) is 52.4 Å². The molecule has 23 atom stereocenters. The highest BCUT2D eigenvalue weighted by Crippen LogP contribution is 2.67. The van der Waals surface area contributed by atoms with Gasteiger partial charge < -0.3 is 97.4 Å². The molecular weight excluding hydrogens is 1470 g/mol. The standard InChI is InChI=1S/C66H91IN4O25S2Si/c1-14-70(35(6)72)37-30-89-44(27-41(37)84-7)94-56-51(77)49(69-96-45-26-38(73)58(34(5)90-45)98-61(80)46-31(2)48(67)54(57(87-10)53(46)85-8)95-62-52(78)55(86-9)50(76)33(4)92-62)32(3)91-63(56)93-40-20-17-15-16-18-22-65-47(40)36(66(65,82)29-39(74)59(65)68-64(81)88-11)21-24-97-42-28-43(75)71(60(42)79)23-19-25-99(12,13)83/h15-16,21,32-34,37-38,40-42,44-45,47,49-52,55-56,58-59,62-63,69,73,76-78,82-83H,14,19,23-30H2,1-13H3,(H,68,81)/b16-15-,36-21+/t32?,33?,34?,37?,38?,40-,41?,42?,44?,45?,47?,49?,50?,51?,52?,55?,56?,58?,59?,62?,63?,65?,66?/m0/s1. The van der Waals surface area contributed by atoms with Crippen molar-refractivity contribution >= 4 is 89.1 Å². The Morgan fingerprint density at radius 3 is 2.24 bits per heavy atom. The number of amides is 4. The first kappa shape index (κ1) is 78.6. The van der Waals surface area contributed by atoms with Gasteiger partial charge in [-0.2, -0.15) is 5.48 Å². The minimum atomic E-state index is -2.45. The fourth-order valence-electron chi connectivity index (χ4n) is 14.4. The molecule has 4 amide bonds. The molecule has 5 saturated heterocycles. The normalized spacial score (nSPS) is 37.3. The minimum absolute atomic E-state index is 0.000977. The predicted octanol–water partition coefficient (Wildman–Crippen LogP) is 1.98. The van der Waals surface area contributed by atoms with Crippen molar-refractivity contribution < 1.29 is 121 Å². The summed E-state index contributed by atoms with van der Waals surface area (Å²) in [5.41, 5.74) is -0.272. The summed E-state index contributed by atoms with van der Waals surface area (Å²) in [6, 6.07) is -2.69. The van der Waals surface area contributed by atoms with Gasteiger partial charge in [0.15, 0.2) is 44.5 Å². The van der Waals surface area contributed by atoms with Gasteiger partial charge in [0.05, 0.1) is 90.2 Å². The van der Waals surface area contributed by atoms with E-state index in [2.05, 4.69) is 34.5 Å². The number of aliphatic hydroxyl groups excluding tert-OH is 4. The molecule has 3 aliphatic carbocycles. The van der Waals surface area contributed by atoms with E-state index in [1.807, 2.05) is 29.5 Å². The summed E-state index contributed by atoms with van der Waals surface area (Å²) in [4.78, 5) is 101. The molecule has 0 bridgehead atoms. The molecule has 22 unspecified atom stereocenters. The molecule has 99 heavy (non-hydrogen) atoms. The number of nitrogens with zero attached hydrogens (tertiary/aromatic N) is 2. The molecular formula is C66H91IN4O25S2Si. The quantitative estimate of drug-likeness (QED) is 0.0173. The lowest BCUT2D eigenvalue weighted by Crippen LogP contribution is -2.72. The number of hydrogen-bond acceptors (Lipinski definition) is 28. The van der Waals surface area contributed by atoms with E-state index in [0.29, 0.717) is 28.1 Å². The number of ether oxygens (including phenoxy) is 12. The maximum absolute atomic E-state index is 14.6. The number of likely N-dealkylation sites (tertiary alicyclic amines) is 1. The average Bonchev–Trinajstić information content (AvgIpc) is 1.54. The second kappa shape index (κ2) is 33.1. The zero-order valence-corrected chi connectivity index (χ0v) is 62.2. The number of carbonyl (C=O) groups excluding carboxylic acids is 6. The lowest BCUT2D eigenvalue weighted by atomic mass is 9.45. The molecule has 5 heterocycles. The Balaban J connectivity index is 0.961. The van der Waals surface area contributed by atoms with Gasteiger partial charge in [-0.3, -0.25) is 33.7 Å². The van der Waals surface area contributed by atoms with Crippen molar-refractivity contribution in [2.45, 2.75) is 219 Å². The number of imide groups is 1. The van der Waals surface area contributed by atoms with Crippen LogP contribution in [-0.2, 0) is 66.6 Å². The maximum atomic E-state index is 14.6. The number of ketones is 1. The van der Waals surface area contributed by atoms with Crippen molar-refractivity contribution in [3.63, 3.8) is 0 Å². The Kier molecular flexibility index (Phi) is 26.2. The molecule has 0 radical (unpaired) electrons. The first-order valence-electron chi connectivity index (χ1n) is 32.8. The largest absolute Gasteiger partial charge is 0.492 e. The zero-order valence-electron chi connectivity index (χ0n) is 57.5. The van der Waals surface area contributed by atoms with Crippen molar-refractivity contribution in [1.82, 2.24) is 20.6 Å². The van der Waals surface area contributed by atoms with Gasteiger partial charge in [-0.25, -0.2) is 4.79 Å². The van der Waals surface area contributed by atoms with E-state index < -0.39 is 170 Å². The average molecular weight is 1560 g/mol. The zero-order chi connectivity index (χ0) is 72.3. The Morgan fingerprint density at radius 1 is 0.889 bits per heavy atom. The third-order valence-corrected chi connectivity index (χ3v) is 24.9. The van der Waals surface area contributed by atoms with Crippen LogP contribution in [0.5, 0.6) is 17.2 Å². The summed E-state index contributed by atoms with van der Waals surface area (Å²) in [6.45, 7) is 13.8. The van der Waals surface area contributed by atoms with Crippen molar-refractivity contribution in [3.8, 4) is 40.9 Å². The Bertz CT molecular complexity index is 3350. The fourth-order valence-corrected chi connectivity index (χ4v) is 18.3. The molecule has 29 nitrogen and oxygen atoms in total. The molecule has 33 heteroatoms. The van der Waals surface area contributed by atoms with Gasteiger partial charge in [-0.1, -0.05) is 41.5 Å². The van der Waals surface area contributed by atoms with Gasteiger partial charge in [-0.15, -0.1) is 11.8 Å². The van der Waals surface area contributed by atoms with Crippen molar-refractivity contribution in [3.05, 3.63) is 38.5 Å². The Hall–Kier alpha value is -4.55. The van der Waals surface area contributed by atoms with Crippen LogP contribution in [0.15, 0.2) is 23.8 Å². The van der Waals surface area contributed by atoms with Crippen LogP contribution in [-0.4, -0.2) is 271 Å². The molecule has 1 spiro atoms. The number of alkyl carbamates (subject to hydrolysis) is 1. The molecule has 8 aliphatic rings. The first-order chi connectivity index (χ1) is 46.9. The number of nitrogens with one attached hydrogen (secondary N) is 2. The summed E-state index contributed by atoms with van der Waals surface area (Å²) < 4.78 is 73.3. The fraction of sp³-hybridized carbons (Fsp3) is 0.697. The number of Topliss-reactive ketones (excluding diaryl/α,β-unsaturated/α-hetero) is 1. The van der Waals surface area contributed by atoms with E-state index in [-0.39, 0.29) is 84.3 Å². The van der Waals surface area contributed by atoms with E-state index >= 15 is 0 Å². The van der Waals surface area contributed by atoms with E-state index in [0.717, 1.165) is 30.6 Å². The summed E-state index contributed by atoms with van der Waals surface area (Å²) in [5, 5.41) is 59.8. The summed E-state index contributed by atoms with van der Waals surface area (Å²) in [6.07, 6.45) is -14.7. The lowest BCUT2D eigenvalue weighted by Gasteiger charge is -2.60. The van der Waals surface area contributed by atoms with Crippen LogP contribution in [0.3, 0.4) is 0 Å². The summed E-state index contributed by atoms with van der Waals surface area (Å²) in [5.74, 6) is 9.54. The van der Waals surface area contributed by atoms with E-state index in [9.17, 15) is 59.1 Å². The van der Waals surface area contributed by atoms with Crippen molar-refractivity contribution in [2.75, 3.05) is 61.0 Å². The number of benzene rings is 1. The van der Waals surface area contributed by atoms with Crippen LogP contribution in [0.4, 0.5) is 4.79 Å².